The number of amides is 1. The molecule has 6 rings (SSSR count). The molecule has 0 fully saturated rings. The summed E-state index contributed by atoms with van der Waals surface area (Å²) in [5, 5.41) is 50.6. The van der Waals surface area contributed by atoms with Crippen molar-refractivity contribution in [2.75, 3.05) is 19.4 Å². The van der Waals surface area contributed by atoms with Crippen LogP contribution in [-0.2, 0) is 16.0 Å². The van der Waals surface area contributed by atoms with Crippen LogP contribution in [0, 0.1) is 18.8 Å². The van der Waals surface area contributed by atoms with E-state index in [4.69, 9.17) is 10.7 Å². The van der Waals surface area contributed by atoms with Crippen molar-refractivity contribution in [3.8, 4) is 17.0 Å². The highest BCUT2D eigenvalue weighted by Gasteiger charge is 2.63. The summed E-state index contributed by atoms with van der Waals surface area (Å²) in [5.74, 6) is -6.87. The smallest absolute Gasteiger partial charge is 0.255 e. The molecule has 4 atom stereocenters. The average molecular weight is 603 g/mol. The molecular formula is C31H30N4O7S. The van der Waals surface area contributed by atoms with Gasteiger partial charge in [-0.25, -0.2) is 4.98 Å². The second-order valence-electron chi connectivity index (χ2n) is 11.5. The Morgan fingerprint density at radius 3 is 2.58 bits per heavy atom. The zero-order valence-corrected chi connectivity index (χ0v) is 24.4. The number of aliphatic hydroxyl groups excluding tert-OH is 2. The van der Waals surface area contributed by atoms with Gasteiger partial charge >= 0.3 is 0 Å². The number of hydrogen-bond donors (Lipinski definition) is 6. The Morgan fingerprint density at radius 1 is 1.16 bits per heavy atom. The minimum absolute atomic E-state index is 0.00954. The van der Waals surface area contributed by atoms with Gasteiger partial charge in [0.2, 0.25) is 5.78 Å². The Hall–Kier alpha value is -4.52. The van der Waals surface area contributed by atoms with Gasteiger partial charge in [-0.3, -0.25) is 19.3 Å². The quantitative estimate of drug-likeness (QED) is 0.187. The van der Waals surface area contributed by atoms with Gasteiger partial charge in [0.05, 0.1) is 17.3 Å². The lowest BCUT2D eigenvalue weighted by atomic mass is 9.58. The van der Waals surface area contributed by atoms with E-state index in [9.17, 15) is 34.8 Å². The molecule has 0 spiro atoms. The number of likely N-dealkylation sites (N-methyl/N-ethyl adjacent to an activating group) is 1. The third-order valence-corrected chi connectivity index (χ3v) is 9.42. The molecule has 3 aromatic rings. The summed E-state index contributed by atoms with van der Waals surface area (Å²) >= 11 is 1.38. The summed E-state index contributed by atoms with van der Waals surface area (Å²) in [7, 11) is 3.18. The number of nitrogens with two attached hydrogens (primary N) is 1. The highest BCUT2D eigenvalue weighted by molar-refractivity contribution is 7.14. The average Bonchev–Trinajstić information content (AvgIpc) is 3.40. The maximum Gasteiger partial charge on any atom is 0.255 e. The predicted molar refractivity (Wildman–Crippen MR) is 159 cm³/mol. The van der Waals surface area contributed by atoms with Crippen molar-refractivity contribution in [3.63, 3.8) is 0 Å². The maximum absolute atomic E-state index is 13.9. The fraction of sp³-hybridized carbons (Fsp3) is 0.290. The number of aromatic nitrogens is 1. The minimum atomic E-state index is -2.68. The monoisotopic (exact) mass is 602 g/mol. The van der Waals surface area contributed by atoms with Crippen molar-refractivity contribution in [2.45, 2.75) is 31.4 Å². The molecule has 1 aromatic heterocycles. The Bertz CT molecular complexity index is 1790. The number of primary amides is 1. The van der Waals surface area contributed by atoms with Gasteiger partial charge in [-0.05, 0) is 63.5 Å². The molecule has 0 aliphatic heterocycles. The molecule has 0 saturated carbocycles. The Kier molecular flexibility index (Phi) is 6.68. The van der Waals surface area contributed by atoms with Crippen molar-refractivity contribution in [3.05, 3.63) is 81.1 Å². The van der Waals surface area contributed by atoms with Crippen molar-refractivity contribution < 1.29 is 34.8 Å². The number of Topliss-reactive ketones (excluding diaryl/α,β-unsaturated/α-hetero) is 2. The van der Waals surface area contributed by atoms with Crippen LogP contribution in [0.25, 0.3) is 11.3 Å². The van der Waals surface area contributed by atoms with E-state index in [-0.39, 0.29) is 29.7 Å². The van der Waals surface area contributed by atoms with E-state index in [0.29, 0.717) is 16.4 Å². The van der Waals surface area contributed by atoms with E-state index in [1.807, 2.05) is 36.6 Å². The molecular weight excluding hydrogens is 572 g/mol. The van der Waals surface area contributed by atoms with Gasteiger partial charge < -0.3 is 31.5 Å². The van der Waals surface area contributed by atoms with E-state index < -0.39 is 58.0 Å². The van der Waals surface area contributed by atoms with Gasteiger partial charge in [0.15, 0.2) is 16.5 Å². The minimum Gasteiger partial charge on any atom is -0.510 e. The number of fused-ring (bicyclic) bond motifs is 3. The van der Waals surface area contributed by atoms with Crippen LogP contribution >= 0.6 is 11.3 Å². The normalized spacial score (nSPS) is 25.0. The molecule has 0 bridgehead atoms. The Labute approximate surface area is 250 Å². The summed E-state index contributed by atoms with van der Waals surface area (Å²) in [6.07, 6.45) is 0.178. The van der Waals surface area contributed by atoms with Crippen molar-refractivity contribution in [2.24, 2.45) is 17.6 Å². The van der Waals surface area contributed by atoms with E-state index in [0.717, 1.165) is 16.8 Å². The van der Waals surface area contributed by atoms with Gasteiger partial charge in [0.25, 0.3) is 5.91 Å². The molecule has 43 heavy (non-hydrogen) atoms. The number of aromatic hydroxyl groups is 1. The highest BCUT2D eigenvalue weighted by Crippen LogP contribution is 2.53. The van der Waals surface area contributed by atoms with Crippen LogP contribution in [-0.4, -0.2) is 73.5 Å². The topological polar surface area (TPSA) is 186 Å². The van der Waals surface area contributed by atoms with Gasteiger partial charge in [-0.15, -0.1) is 11.3 Å². The first-order valence-electron chi connectivity index (χ1n) is 13.6. The first-order valence-corrected chi connectivity index (χ1v) is 14.5. The van der Waals surface area contributed by atoms with Crippen LogP contribution in [0.4, 0.5) is 10.8 Å². The lowest BCUT2D eigenvalue weighted by molar-refractivity contribution is -0.148. The number of aryl methyl sites for hydroxylation is 1. The maximum atomic E-state index is 13.9. The lowest BCUT2D eigenvalue weighted by Crippen LogP contribution is -2.63. The van der Waals surface area contributed by atoms with E-state index in [1.54, 1.807) is 20.2 Å². The molecule has 2 aromatic carbocycles. The molecule has 4 unspecified atom stereocenters. The number of rotatable bonds is 5. The summed E-state index contributed by atoms with van der Waals surface area (Å²) < 4.78 is 0. The predicted octanol–water partition coefficient (Wildman–Crippen LogP) is 3.30. The number of phenolic OH excluding ortho intramolecular Hbond substituents is 1. The number of anilines is 2. The molecule has 12 heteroatoms. The molecule has 3 aliphatic carbocycles. The molecule has 7 N–H and O–H groups in total. The van der Waals surface area contributed by atoms with Crippen LogP contribution < -0.4 is 11.1 Å². The first-order chi connectivity index (χ1) is 20.3. The standard InChI is InChI=1S/C31H30N4O7S/c1-13-5-4-6-14(9-13)19-12-43-30(34-19)33-18-7-8-20(36)22-16(18)10-15-11-17-24(35(2)3)26(38)23(29(32)41)28(40)31(17,42)27(39)21(15)25(22)37/h4-9,12,15,17,24,36,38-39,42H,10-11H2,1-3H3,(H2,32,41)(H,33,34). The number of allylic oxidation sites excluding steroid dienone is 1. The Balaban J connectivity index is 1.42. The van der Waals surface area contributed by atoms with Crippen molar-refractivity contribution in [1.29, 1.82) is 0 Å². The van der Waals surface area contributed by atoms with Crippen LogP contribution in [0.1, 0.15) is 27.9 Å². The molecule has 0 radical (unpaired) electrons. The van der Waals surface area contributed by atoms with Crippen LogP contribution in [0.3, 0.4) is 0 Å². The van der Waals surface area contributed by atoms with Crippen molar-refractivity contribution >= 4 is 39.6 Å². The second kappa shape index (κ2) is 10.0. The summed E-state index contributed by atoms with van der Waals surface area (Å²) in [6.45, 7) is 2.00. The van der Waals surface area contributed by atoms with Gasteiger partial charge in [-0.1, -0.05) is 23.8 Å². The number of aliphatic hydroxyl groups is 3. The number of carbonyl (C=O) groups excluding carboxylic acids is 3. The molecule has 0 saturated heterocycles. The molecule has 222 valence electrons. The number of hydrogen-bond acceptors (Lipinski definition) is 11. The van der Waals surface area contributed by atoms with Gasteiger partial charge in [-0.2, -0.15) is 0 Å². The van der Waals surface area contributed by atoms with Crippen LogP contribution in [0.5, 0.6) is 5.75 Å². The molecule has 11 nitrogen and oxygen atoms in total. The number of ketones is 2. The summed E-state index contributed by atoms with van der Waals surface area (Å²) in [5.41, 5.74) is 5.46. The van der Waals surface area contributed by atoms with Crippen LogP contribution in [0.15, 0.2) is 64.4 Å². The van der Waals surface area contributed by atoms with Crippen molar-refractivity contribution in [1.82, 2.24) is 9.88 Å². The fourth-order valence-corrected chi connectivity index (χ4v) is 7.48. The van der Waals surface area contributed by atoms with Crippen LogP contribution in [0.2, 0.25) is 0 Å². The van der Waals surface area contributed by atoms with E-state index in [2.05, 4.69) is 5.32 Å². The molecule has 1 amide bonds. The Morgan fingerprint density at radius 2 is 1.91 bits per heavy atom. The van der Waals surface area contributed by atoms with E-state index >= 15 is 0 Å². The highest BCUT2D eigenvalue weighted by atomic mass is 32.1. The third-order valence-electron chi connectivity index (χ3n) is 8.67. The number of nitrogens with one attached hydrogen (secondary N) is 1. The number of carbonyl (C=O) groups is 3. The fourth-order valence-electron chi connectivity index (χ4n) is 6.75. The number of phenols is 1. The molecule has 1 heterocycles. The number of benzene rings is 2. The second-order valence-corrected chi connectivity index (χ2v) is 12.3. The first kappa shape index (κ1) is 28.6. The zero-order chi connectivity index (χ0) is 31.0. The summed E-state index contributed by atoms with van der Waals surface area (Å²) in [6, 6.07) is 9.89. The number of nitrogens with zero attached hydrogens (tertiary/aromatic N) is 2. The largest absolute Gasteiger partial charge is 0.510 e. The summed E-state index contributed by atoms with van der Waals surface area (Å²) in [4.78, 5) is 45.7. The lowest BCUT2D eigenvalue weighted by Gasteiger charge is -2.50. The molecule has 3 aliphatic rings. The third kappa shape index (κ3) is 4.24. The SMILES string of the molecule is Cc1cccc(-c2csc(Nc3ccc(O)c4c3CC3CC5C(N(C)C)C(O)=C(C(N)=O)C(=O)C5(O)C(O)=C3C4=O)n2)c1. The van der Waals surface area contributed by atoms with Gasteiger partial charge in [0.1, 0.15) is 22.8 Å². The van der Waals surface area contributed by atoms with E-state index in [1.165, 1.54) is 22.3 Å². The van der Waals surface area contributed by atoms with Gasteiger partial charge in [0, 0.05) is 28.1 Å². The number of thiazole rings is 1. The zero-order valence-electron chi connectivity index (χ0n) is 23.6.